The van der Waals surface area contributed by atoms with Gasteiger partial charge >= 0.3 is 0 Å². The van der Waals surface area contributed by atoms with E-state index >= 15 is 0 Å². The van der Waals surface area contributed by atoms with Crippen molar-refractivity contribution in [2.24, 2.45) is 5.92 Å². The molecule has 1 heteroatoms. The van der Waals surface area contributed by atoms with Gasteiger partial charge in [0, 0.05) is 12.6 Å². The van der Waals surface area contributed by atoms with E-state index < -0.39 is 0 Å². The summed E-state index contributed by atoms with van der Waals surface area (Å²) < 4.78 is 0. The minimum absolute atomic E-state index is 0.578. The largest absolute Gasteiger partial charge is 0.310 e. The molecule has 0 fully saturated rings. The Bertz CT molecular complexity index is 511. The first-order chi connectivity index (χ1) is 10.2. The van der Waals surface area contributed by atoms with Crippen LogP contribution in [0.5, 0.6) is 0 Å². The number of benzene rings is 2. The fourth-order valence-corrected chi connectivity index (χ4v) is 2.89. The Hall–Kier alpha value is -1.60. The van der Waals surface area contributed by atoms with Gasteiger partial charge in [-0.1, -0.05) is 81.3 Å². The van der Waals surface area contributed by atoms with Crippen molar-refractivity contribution in [3.8, 4) is 11.1 Å². The Morgan fingerprint density at radius 1 is 0.810 bits per heavy atom. The molecule has 0 aliphatic rings. The van der Waals surface area contributed by atoms with Crippen molar-refractivity contribution in [1.82, 2.24) is 5.32 Å². The lowest BCUT2D eigenvalue weighted by atomic mass is 9.95. The van der Waals surface area contributed by atoms with E-state index in [1.54, 1.807) is 0 Å². The maximum absolute atomic E-state index is 3.66. The fraction of sp³-hybridized carbons (Fsp3) is 0.400. The van der Waals surface area contributed by atoms with Crippen LogP contribution in [0.2, 0.25) is 0 Å². The Balaban J connectivity index is 1.94. The first-order valence-electron chi connectivity index (χ1n) is 8.12. The topological polar surface area (TPSA) is 12.0 Å². The molecule has 0 bridgehead atoms. The molecule has 2 rings (SSSR count). The van der Waals surface area contributed by atoms with Gasteiger partial charge in [-0.05, 0) is 29.5 Å². The predicted molar refractivity (Wildman–Crippen MR) is 92.3 cm³/mol. The molecule has 0 aliphatic carbocycles. The molecular weight excluding hydrogens is 254 g/mol. The van der Waals surface area contributed by atoms with Gasteiger partial charge in [0.05, 0.1) is 0 Å². The number of rotatable bonds is 7. The molecule has 0 heterocycles. The van der Waals surface area contributed by atoms with E-state index in [4.69, 9.17) is 0 Å². The SMILES string of the molecule is CCC(CC)C(C)NCc1ccc(-c2ccccc2)cc1. The molecule has 0 spiro atoms. The van der Waals surface area contributed by atoms with Gasteiger partial charge in [-0.3, -0.25) is 0 Å². The highest BCUT2D eigenvalue weighted by atomic mass is 14.9. The molecule has 1 atom stereocenters. The first kappa shape index (κ1) is 15.8. The molecule has 2 aromatic carbocycles. The van der Waals surface area contributed by atoms with Gasteiger partial charge in [0.1, 0.15) is 0 Å². The van der Waals surface area contributed by atoms with E-state index in [1.165, 1.54) is 29.5 Å². The molecule has 1 nitrogen and oxygen atoms in total. The molecule has 21 heavy (non-hydrogen) atoms. The van der Waals surface area contributed by atoms with Gasteiger partial charge in [-0.25, -0.2) is 0 Å². The van der Waals surface area contributed by atoms with Crippen molar-refractivity contribution in [2.45, 2.75) is 46.2 Å². The highest BCUT2D eigenvalue weighted by Crippen LogP contribution is 2.19. The van der Waals surface area contributed by atoms with E-state index in [9.17, 15) is 0 Å². The van der Waals surface area contributed by atoms with Crippen LogP contribution < -0.4 is 5.32 Å². The Morgan fingerprint density at radius 2 is 1.38 bits per heavy atom. The second kappa shape index (κ2) is 7.99. The van der Waals surface area contributed by atoms with E-state index in [0.717, 1.165) is 12.5 Å². The zero-order valence-corrected chi connectivity index (χ0v) is 13.5. The maximum atomic E-state index is 3.66. The summed E-state index contributed by atoms with van der Waals surface area (Å²) in [6.45, 7) is 7.81. The smallest absolute Gasteiger partial charge is 0.0208 e. The minimum Gasteiger partial charge on any atom is -0.310 e. The predicted octanol–water partition coefficient (Wildman–Crippen LogP) is 5.27. The van der Waals surface area contributed by atoms with Gasteiger partial charge in [0.25, 0.3) is 0 Å². The summed E-state index contributed by atoms with van der Waals surface area (Å²) in [7, 11) is 0. The van der Waals surface area contributed by atoms with Gasteiger partial charge in [-0.2, -0.15) is 0 Å². The van der Waals surface area contributed by atoms with Gasteiger partial charge in [0.2, 0.25) is 0 Å². The van der Waals surface area contributed by atoms with Gasteiger partial charge in [-0.15, -0.1) is 0 Å². The molecule has 1 unspecified atom stereocenters. The van der Waals surface area contributed by atoms with Crippen molar-refractivity contribution in [3.05, 3.63) is 60.2 Å². The average Bonchev–Trinajstić information content (AvgIpc) is 2.55. The summed E-state index contributed by atoms with van der Waals surface area (Å²) in [5.41, 5.74) is 3.92. The van der Waals surface area contributed by atoms with E-state index in [0.29, 0.717) is 6.04 Å². The molecule has 2 aromatic rings. The van der Waals surface area contributed by atoms with Crippen molar-refractivity contribution in [3.63, 3.8) is 0 Å². The van der Waals surface area contributed by atoms with Crippen LogP contribution in [0.4, 0.5) is 0 Å². The van der Waals surface area contributed by atoms with Crippen molar-refractivity contribution < 1.29 is 0 Å². The third-order valence-corrected chi connectivity index (χ3v) is 4.45. The van der Waals surface area contributed by atoms with Crippen LogP contribution in [0.1, 0.15) is 39.2 Å². The van der Waals surface area contributed by atoms with Crippen LogP contribution in [-0.4, -0.2) is 6.04 Å². The van der Waals surface area contributed by atoms with Crippen LogP contribution in [0.3, 0.4) is 0 Å². The lowest BCUT2D eigenvalue weighted by molar-refractivity contribution is 0.353. The fourth-order valence-electron chi connectivity index (χ4n) is 2.89. The summed E-state index contributed by atoms with van der Waals surface area (Å²) in [5, 5.41) is 3.66. The molecule has 0 radical (unpaired) electrons. The monoisotopic (exact) mass is 281 g/mol. The number of hydrogen-bond donors (Lipinski definition) is 1. The second-order valence-corrected chi connectivity index (χ2v) is 5.81. The Labute approximate surface area is 129 Å². The summed E-state index contributed by atoms with van der Waals surface area (Å²) in [4.78, 5) is 0. The Kier molecular flexibility index (Phi) is 6.01. The normalized spacial score (nSPS) is 12.6. The molecule has 112 valence electrons. The van der Waals surface area contributed by atoms with Gasteiger partial charge in [0.15, 0.2) is 0 Å². The zero-order valence-electron chi connectivity index (χ0n) is 13.5. The summed E-state index contributed by atoms with van der Waals surface area (Å²) >= 11 is 0. The third kappa shape index (κ3) is 4.44. The molecule has 0 aromatic heterocycles. The van der Waals surface area contributed by atoms with Crippen molar-refractivity contribution in [1.29, 1.82) is 0 Å². The van der Waals surface area contributed by atoms with Crippen molar-refractivity contribution in [2.75, 3.05) is 0 Å². The van der Waals surface area contributed by atoms with Crippen LogP contribution in [-0.2, 0) is 6.54 Å². The van der Waals surface area contributed by atoms with Crippen LogP contribution in [0.25, 0.3) is 11.1 Å². The molecular formula is C20H27N. The lowest BCUT2D eigenvalue weighted by Crippen LogP contribution is -2.32. The maximum Gasteiger partial charge on any atom is 0.0208 e. The molecule has 0 amide bonds. The molecule has 0 aliphatic heterocycles. The van der Waals surface area contributed by atoms with Crippen LogP contribution in [0, 0.1) is 5.92 Å². The lowest BCUT2D eigenvalue weighted by Gasteiger charge is -2.22. The first-order valence-corrected chi connectivity index (χ1v) is 8.12. The van der Waals surface area contributed by atoms with E-state index in [-0.39, 0.29) is 0 Å². The minimum atomic E-state index is 0.578. The Morgan fingerprint density at radius 3 is 1.95 bits per heavy atom. The van der Waals surface area contributed by atoms with E-state index in [1.807, 2.05) is 0 Å². The quantitative estimate of drug-likeness (QED) is 0.729. The van der Waals surface area contributed by atoms with Crippen LogP contribution in [0.15, 0.2) is 54.6 Å². The van der Waals surface area contributed by atoms with Gasteiger partial charge < -0.3 is 5.32 Å². The zero-order chi connectivity index (χ0) is 15.1. The third-order valence-electron chi connectivity index (χ3n) is 4.45. The van der Waals surface area contributed by atoms with Crippen LogP contribution >= 0.6 is 0 Å². The summed E-state index contributed by atoms with van der Waals surface area (Å²) in [5.74, 6) is 0.772. The second-order valence-electron chi connectivity index (χ2n) is 5.81. The molecule has 0 saturated heterocycles. The highest BCUT2D eigenvalue weighted by molar-refractivity contribution is 5.63. The number of nitrogens with one attached hydrogen (secondary N) is 1. The standard InChI is InChI=1S/C20H27N/c1-4-18(5-2)16(3)21-15-17-11-13-20(14-12-17)19-9-7-6-8-10-19/h6-14,16,18,21H,4-5,15H2,1-3H3. The van der Waals surface area contributed by atoms with Crippen molar-refractivity contribution >= 4 is 0 Å². The summed E-state index contributed by atoms with van der Waals surface area (Å²) in [6, 6.07) is 20.0. The number of hydrogen-bond acceptors (Lipinski definition) is 1. The van der Waals surface area contributed by atoms with E-state index in [2.05, 4.69) is 80.7 Å². The molecule has 0 saturated carbocycles. The highest BCUT2D eigenvalue weighted by Gasteiger charge is 2.12. The summed E-state index contributed by atoms with van der Waals surface area (Å²) in [6.07, 6.45) is 2.50. The average molecular weight is 281 g/mol. The molecule has 1 N–H and O–H groups in total.